The van der Waals surface area contributed by atoms with E-state index < -0.39 is 0 Å². The van der Waals surface area contributed by atoms with Gasteiger partial charge in [-0.1, -0.05) is 18.5 Å². The van der Waals surface area contributed by atoms with Gasteiger partial charge >= 0.3 is 0 Å². The van der Waals surface area contributed by atoms with Crippen LogP contribution in [0, 0.1) is 11.8 Å². The van der Waals surface area contributed by atoms with Gasteiger partial charge in [-0.3, -0.25) is 0 Å². The Hall–Kier alpha value is 0.430. The summed E-state index contributed by atoms with van der Waals surface area (Å²) in [5.41, 5.74) is 6.19. The van der Waals surface area contributed by atoms with Gasteiger partial charge in [-0.15, -0.1) is 11.3 Å². The Morgan fingerprint density at radius 3 is 2.71 bits per heavy atom. The average molecular weight is 295 g/mol. The first-order valence-corrected chi connectivity index (χ1v) is 6.78. The van der Waals surface area contributed by atoms with Crippen LogP contribution in [-0.2, 0) is 0 Å². The Kier molecular flexibility index (Phi) is 3.22. The highest BCUT2D eigenvalue weighted by atomic mass is 79.9. The molecule has 2 rings (SSSR count). The van der Waals surface area contributed by atoms with Crippen molar-refractivity contribution in [3.05, 3.63) is 19.8 Å². The van der Waals surface area contributed by atoms with Crippen molar-refractivity contribution >= 4 is 38.9 Å². The van der Waals surface area contributed by atoms with E-state index in [2.05, 4.69) is 22.9 Å². The smallest absolute Gasteiger partial charge is 0.0887 e. The topological polar surface area (TPSA) is 26.0 Å². The van der Waals surface area contributed by atoms with Gasteiger partial charge in [-0.25, -0.2) is 0 Å². The Bertz CT molecular complexity index is 315. The number of hydrogen-bond acceptors (Lipinski definition) is 2. The molecule has 0 spiro atoms. The third-order valence-corrected chi connectivity index (χ3v) is 5.50. The van der Waals surface area contributed by atoms with Crippen LogP contribution in [0.1, 0.15) is 30.7 Å². The molecule has 0 amide bonds. The van der Waals surface area contributed by atoms with Gasteiger partial charge in [-0.05, 0) is 46.7 Å². The van der Waals surface area contributed by atoms with Gasteiger partial charge < -0.3 is 5.73 Å². The molecule has 78 valence electrons. The summed E-state index contributed by atoms with van der Waals surface area (Å²) in [5, 5.41) is 0.781. The van der Waals surface area contributed by atoms with Crippen LogP contribution in [-0.4, -0.2) is 0 Å². The predicted octanol–water partition coefficient (Wildman–Crippen LogP) is 4.21. The lowest BCUT2D eigenvalue weighted by molar-refractivity contribution is 0.422. The van der Waals surface area contributed by atoms with Crippen molar-refractivity contribution in [2.75, 3.05) is 0 Å². The van der Waals surface area contributed by atoms with Crippen molar-refractivity contribution in [1.82, 2.24) is 0 Å². The van der Waals surface area contributed by atoms with Crippen molar-refractivity contribution < 1.29 is 0 Å². The van der Waals surface area contributed by atoms with E-state index >= 15 is 0 Å². The molecule has 2 unspecified atom stereocenters. The van der Waals surface area contributed by atoms with Gasteiger partial charge in [0, 0.05) is 10.9 Å². The Morgan fingerprint density at radius 1 is 1.64 bits per heavy atom. The Labute approximate surface area is 102 Å². The quantitative estimate of drug-likeness (QED) is 0.888. The van der Waals surface area contributed by atoms with Crippen molar-refractivity contribution in [3.8, 4) is 0 Å². The second-order valence-electron chi connectivity index (χ2n) is 3.99. The molecular formula is C10H13BrClNS. The maximum atomic E-state index is 6.19. The zero-order valence-corrected chi connectivity index (χ0v) is 11.1. The summed E-state index contributed by atoms with van der Waals surface area (Å²) in [6.07, 6.45) is 2.68. The number of rotatable bonds is 3. The molecule has 4 heteroatoms. The summed E-state index contributed by atoms with van der Waals surface area (Å²) in [7, 11) is 0. The molecule has 1 aromatic rings. The summed E-state index contributed by atoms with van der Waals surface area (Å²) in [6, 6.07) is 2.14. The first-order valence-electron chi connectivity index (χ1n) is 4.80. The normalized spacial score (nSPS) is 20.9. The molecule has 1 aromatic heterocycles. The second-order valence-corrected chi connectivity index (χ2v) is 6.80. The molecular weight excluding hydrogens is 282 g/mol. The van der Waals surface area contributed by atoms with Crippen molar-refractivity contribution in [2.24, 2.45) is 17.6 Å². The molecule has 14 heavy (non-hydrogen) atoms. The fourth-order valence-electron chi connectivity index (χ4n) is 1.70. The average Bonchev–Trinajstić information content (AvgIpc) is 2.93. The van der Waals surface area contributed by atoms with Crippen LogP contribution in [0.5, 0.6) is 0 Å². The lowest BCUT2D eigenvalue weighted by atomic mass is 9.96. The SMILES string of the molecule is CC(C1CC1)C(N)c1cc(Cl)c(Br)s1. The molecule has 2 atom stereocenters. The van der Waals surface area contributed by atoms with E-state index in [1.54, 1.807) is 11.3 Å². The minimum absolute atomic E-state index is 0.149. The van der Waals surface area contributed by atoms with Crippen LogP contribution in [0.25, 0.3) is 0 Å². The fourth-order valence-corrected chi connectivity index (χ4v) is 3.57. The molecule has 0 aromatic carbocycles. The van der Waals surface area contributed by atoms with E-state index in [1.165, 1.54) is 17.7 Å². The van der Waals surface area contributed by atoms with Crippen molar-refractivity contribution in [3.63, 3.8) is 0 Å². The first-order chi connectivity index (χ1) is 6.59. The minimum Gasteiger partial charge on any atom is -0.323 e. The number of nitrogens with two attached hydrogens (primary N) is 1. The fraction of sp³-hybridized carbons (Fsp3) is 0.600. The zero-order valence-electron chi connectivity index (χ0n) is 7.97. The Balaban J connectivity index is 2.13. The van der Waals surface area contributed by atoms with Crippen LogP contribution < -0.4 is 5.73 Å². The lowest BCUT2D eigenvalue weighted by Gasteiger charge is -2.17. The van der Waals surface area contributed by atoms with E-state index in [0.29, 0.717) is 5.92 Å². The highest BCUT2D eigenvalue weighted by Crippen LogP contribution is 2.44. The molecule has 1 saturated carbocycles. The maximum Gasteiger partial charge on any atom is 0.0887 e. The summed E-state index contributed by atoms with van der Waals surface area (Å²) in [5.74, 6) is 1.42. The van der Waals surface area contributed by atoms with Gasteiger partial charge in [0.25, 0.3) is 0 Å². The Morgan fingerprint density at radius 2 is 2.29 bits per heavy atom. The minimum atomic E-state index is 0.149. The van der Waals surface area contributed by atoms with Gasteiger partial charge in [-0.2, -0.15) is 0 Å². The first kappa shape index (κ1) is 10.9. The summed E-state index contributed by atoms with van der Waals surface area (Å²) in [4.78, 5) is 1.20. The molecule has 1 nitrogen and oxygen atoms in total. The number of hydrogen-bond donors (Lipinski definition) is 1. The molecule has 1 aliphatic rings. The number of thiophene rings is 1. The molecule has 0 saturated heterocycles. The molecule has 2 N–H and O–H groups in total. The highest BCUT2D eigenvalue weighted by Gasteiger charge is 2.33. The molecule has 1 heterocycles. The maximum absolute atomic E-state index is 6.19. The monoisotopic (exact) mass is 293 g/mol. The van der Waals surface area contributed by atoms with Crippen LogP contribution in [0.15, 0.2) is 9.85 Å². The molecule has 1 aliphatic carbocycles. The molecule has 0 aliphatic heterocycles. The van der Waals surface area contributed by atoms with Crippen LogP contribution in [0.2, 0.25) is 5.02 Å². The molecule has 0 radical (unpaired) electrons. The van der Waals surface area contributed by atoms with Gasteiger partial charge in [0.1, 0.15) is 0 Å². The zero-order chi connectivity index (χ0) is 10.3. The van der Waals surface area contributed by atoms with E-state index in [1.807, 2.05) is 6.07 Å². The van der Waals surface area contributed by atoms with Crippen LogP contribution in [0.3, 0.4) is 0 Å². The highest BCUT2D eigenvalue weighted by molar-refractivity contribution is 9.11. The summed E-state index contributed by atoms with van der Waals surface area (Å²) in [6.45, 7) is 2.24. The van der Waals surface area contributed by atoms with Gasteiger partial charge in [0.05, 0.1) is 8.81 Å². The summed E-state index contributed by atoms with van der Waals surface area (Å²) < 4.78 is 0.993. The van der Waals surface area contributed by atoms with Gasteiger partial charge in [0.2, 0.25) is 0 Å². The molecule has 1 fully saturated rings. The third kappa shape index (κ3) is 2.16. The van der Waals surface area contributed by atoms with Crippen LogP contribution >= 0.6 is 38.9 Å². The second kappa shape index (κ2) is 4.12. The van der Waals surface area contributed by atoms with E-state index in [9.17, 15) is 0 Å². The lowest BCUT2D eigenvalue weighted by Crippen LogP contribution is -2.19. The van der Waals surface area contributed by atoms with E-state index in [4.69, 9.17) is 17.3 Å². The number of halogens is 2. The van der Waals surface area contributed by atoms with Crippen molar-refractivity contribution in [2.45, 2.75) is 25.8 Å². The van der Waals surface area contributed by atoms with E-state index in [-0.39, 0.29) is 6.04 Å². The predicted molar refractivity (Wildman–Crippen MR) is 65.8 cm³/mol. The van der Waals surface area contributed by atoms with Crippen molar-refractivity contribution in [1.29, 1.82) is 0 Å². The van der Waals surface area contributed by atoms with Crippen LogP contribution in [0.4, 0.5) is 0 Å². The van der Waals surface area contributed by atoms with E-state index in [0.717, 1.165) is 14.7 Å². The largest absolute Gasteiger partial charge is 0.323 e. The standard InChI is InChI=1S/C10H13BrClNS/c1-5(6-2-3-6)9(13)8-4-7(12)10(11)14-8/h4-6,9H,2-3,13H2,1H3. The third-order valence-electron chi connectivity index (χ3n) is 2.92. The molecule has 0 bridgehead atoms. The summed E-state index contributed by atoms with van der Waals surface area (Å²) >= 11 is 11.1. The van der Waals surface area contributed by atoms with Gasteiger partial charge in [0.15, 0.2) is 0 Å².